The molecular formula is C10H12N4O3. The molecule has 1 atom stereocenters. The fourth-order valence-electron chi connectivity index (χ4n) is 1.38. The van der Waals surface area contributed by atoms with Crippen LogP contribution in [-0.4, -0.2) is 32.1 Å². The third-order valence-electron chi connectivity index (χ3n) is 2.23. The first-order chi connectivity index (χ1) is 8.15. The summed E-state index contributed by atoms with van der Waals surface area (Å²) in [6.45, 7) is 0.461. The van der Waals surface area contributed by atoms with Gasteiger partial charge in [0.1, 0.15) is 18.3 Å². The van der Waals surface area contributed by atoms with Crippen LogP contribution in [0.5, 0.6) is 0 Å². The van der Waals surface area contributed by atoms with Gasteiger partial charge in [0.15, 0.2) is 0 Å². The average molecular weight is 236 g/mol. The molecule has 0 aliphatic carbocycles. The van der Waals surface area contributed by atoms with Gasteiger partial charge in [0, 0.05) is 12.6 Å². The lowest BCUT2D eigenvalue weighted by Crippen LogP contribution is -2.32. The van der Waals surface area contributed by atoms with Crippen molar-refractivity contribution in [3.8, 4) is 0 Å². The molecule has 17 heavy (non-hydrogen) atoms. The second-order valence-corrected chi connectivity index (χ2v) is 3.64. The van der Waals surface area contributed by atoms with E-state index in [9.17, 15) is 4.79 Å². The van der Waals surface area contributed by atoms with E-state index in [2.05, 4.69) is 10.3 Å². The van der Waals surface area contributed by atoms with Crippen LogP contribution in [0.3, 0.4) is 0 Å². The van der Waals surface area contributed by atoms with Crippen LogP contribution in [-0.2, 0) is 17.8 Å². The fourth-order valence-corrected chi connectivity index (χ4v) is 1.38. The summed E-state index contributed by atoms with van der Waals surface area (Å²) in [6.07, 6.45) is 3.40. The summed E-state index contributed by atoms with van der Waals surface area (Å²) >= 11 is 0. The van der Waals surface area contributed by atoms with E-state index in [1.165, 1.54) is 0 Å². The fraction of sp³-hybridized carbons (Fsp3) is 0.300. The minimum Gasteiger partial charge on any atom is -0.480 e. The summed E-state index contributed by atoms with van der Waals surface area (Å²) in [7, 11) is 0. The van der Waals surface area contributed by atoms with E-state index in [-0.39, 0.29) is 6.42 Å². The van der Waals surface area contributed by atoms with Crippen molar-refractivity contribution in [2.24, 2.45) is 5.73 Å². The van der Waals surface area contributed by atoms with Crippen LogP contribution in [0.15, 0.2) is 29.0 Å². The van der Waals surface area contributed by atoms with Crippen molar-refractivity contribution in [2.45, 2.75) is 19.0 Å². The normalized spacial score (nSPS) is 12.5. The largest absolute Gasteiger partial charge is 0.480 e. The third-order valence-corrected chi connectivity index (χ3v) is 2.23. The number of nitrogens with zero attached hydrogens (tertiary/aromatic N) is 3. The zero-order valence-corrected chi connectivity index (χ0v) is 8.98. The summed E-state index contributed by atoms with van der Waals surface area (Å²) in [5.74, 6) is -0.297. The number of carboxylic acid groups (broad SMARTS) is 1. The van der Waals surface area contributed by atoms with E-state index in [1.54, 1.807) is 23.2 Å². The van der Waals surface area contributed by atoms with Crippen LogP contribution >= 0.6 is 0 Å². The summed E-state index contributed by atoms with van der Waals surface area (Å²) in [6, 6.07) is 2.65. The van der Waals surface area contributed by atoms with Crippen LogP contribution < -0.4 is 5.73 Å². The van der Waals surface area contributed by atoms with Gasteiger partial charge in [-0.2, -0.15) is 0 Å². The molecule has 0 bridgehead atoms. The molecule has 2 aromatic heterocycles. The Morgan fingerprint density at radius 3 is 3.12 bits per heavy atom. The minimum absolute atomic E-state index is 0.160. The van der Waals surface area contributed by atoms with Gasteiger partial charge in [0.05, 0.1) is 12.0 Å². The minimum atomic E-state index is -1.05. The number of aromatic nitrogens is 3. The summed E-state index contributed by atoms with van der Waals surface area (Å²) in [5, 5.41) is 16.4. The van der Waals surface area contributed by atoms with Crippen molar-refractivity contribution in [3.05, 3.63) is 36.0 Å². The lowest BCUT2D eigenvalue weighted by molar-refractivity contribution is -0.138. The molecule has 0 radical (unpaired) electrons. The molecule has 0 saturated carbocycles. The van der Waals surface area contributed by atoms with E-state index in [4.69, 9.17) is 15.3 Å². The predicted octanol–water partition coefficient (Wildman–Crippen LogP) is -0.126. The molecule has 3 N–H and O–H groups in total. The lowest BCUT2D eigenvalue weighted by atomic mass is 10.2. The van der Waals surface area contributed by atoms with Crippen LogP contribution in [0.2, 0.25) is 0 Å². The van der Waals surface area contributed by atoms with E-state index >= 15 is 0 Å². The Bertz CT molecular complexity index is 491. The van der Waals surface area contributed by atoms with Gasteiger partial charge < -0.3 is 15.3 Å². The van der Waals surface area contributed by atoms with Crippen molar-refractivity contribution in [2.75, 3.05) is 0 Å². The maximum Gasteiger partial charge on any atom is 0.320 e. The number of rotatable bonds is 5. The summed E-state index contributed by atoms with van der Waals surface area (Å²) < 4.78 is 6.73. The van der Waals surface area contributed by atoms with Crippen molar-refractivity contribution in [3.63, 3.8) is 0 Å². The highest BCUT2D eigenvalue weighted by molar-refractivity contribution is 5.73. The van der Waals surface area contributed by atoms with Gasteiger partial charge in [-0.05, 0) is 12.1 Å². The highest BCUT2D eigenvalue weighted by Crippen LogP contribution is 2.04. The lowest BCUT2D eigenvalue weighted by Gasteiger charge is -2.01. The van der Waals surface area contributed by atoms with Crippen molar-refractivity contribution >= 4 is 5.97 Å². The highest BCUT2D eigenvalue weighted by atomic mass is 16.4. The number of carboxylic acids is 1. The number of nitrogens with two attached hydrogens (primary N) is 1. The molecule has 1 unspecified atom stereocenters. The van der Waals surface area contributed by atoms with Gasteiger partial charge in [-0.25, -0.2) is 4.68 Å². The van der Waals surface area contributed by atoms with Gasteiger partial charge in [0.2, 0.25) is 0 Å². The molecule has 0 fully saturated rings. The number of hydrogen-bond acceptors (Lipinski definition) is 5. The highest BCUT2D eigenvalue weighted by Gasteiger charge is 2.14. The Morgan fingerprint density at radius 1 is 1.65 bits per heavy atom. The molecule has 0 aromatic carbocycles. The average Bonchev–Trinajstić information content (AvgIpc) is 2.91. The van der Waals surface area contributed by atoms with Gasteiger partial charge in [-0.15, -0.1) is 5.10 Å². The molecule has 2 rings (SSSR count). The molecule has 0 saturated heterocycles. The SMILES string of the molecule is NC(Cc1cn(Cc2ccco2)nn1)C(=O)O. The maximum atomic E-state index is 10.6. The molecule has 7 heteroatoms. The Hall–Kier alpha value is -2.15. The van der Waals surface area contributed by atoms with Gasteiger partial charge >= 0.3 is 5.97 Å². The second kappa shape index (κ2) is 4.79. The first-order valence-electron chi connectivity index (χ1n) is 5.05. The van der Waals surface area contributed by atoms with E-state index < -0.39 is 12.0 Å². The Kier molecular flexibility index (Phi) is 3.20. The van der Waals surface area contributed by atoms with Crippen molar-refractivity contribution in [1.29, 1.82) is 0 Å². The predicted molar refractivity (Wildman–Crippen MR) is 57.1 cm³/mol. The molecule has 0 aliphatic heterocycles. The van der Waals surface area contributed by atoms with Crippen LogP contribution in [0.25, 0.3) is 0 Å². The molecule has 0 spiro atoms. The topological polar surface area (TPSA) is 107 Å². The number of carbonyl (C=O) groups is 1. The standard InChI is InChI=1S/C10H12N4O3/c11-9(10(15)16)4-7-5-14(13-12-7)6-8-2-1-3-17-8/h1-3,5,9H,4,6,11H2,(H,15,16). The number of furan rings is 1. The Morgan fingerprint density at radius 2 is 2.47 bits per heavy atom. The number of hydrogen-bond donors (Lipinski definition) is 2. The third kappa shape index (κ3) is 2.91. The van der Waals surface area contributed by atoms with E-state index in [0.717, 1.165) is 5.76 Å². The Balaban J connectivity index is 1.98. The zero-order valence-electron chi connectivity index (χ0n) is 8.98. The molecule has 0 amide bonds. The Labute approximate surface area is 96.8 Å². The molecule has 0 aliphatic rings. The van der Waals surface area contributed by atoms with Gasteiger partial charge in [-0.1, -0.05) is 5.21 Å². The first-order valence-corrected chi connectivity index (χ1v) is 5.05. The second-order valence-electron chi connectivity index (χ2n) is 3.64. The molecule has 2 aromatic rings. The van der Waals surface area contributed by atoms with Crippen molar-refractivity contribution < 1.29 is 14.3 Å². The molecule has 2 heterocycles. The smallest absolute Gasteiger partial charge is 0.320 e. The van der Waals surface area contributed by atoms with Crippen LogP contribution in [0.1, 0.15) is 11.5 Å². The van der Waals surface area contributed by atoms with E-state index in [1.807, 2.05) is 6.07 Å². The van der Waals surface area contributed by atoms with Crippen molar-refractivity contribution in [1.82, 2.24) is 15.0 Å². The van der Waals surface area contributed by atoms with Crippen LogP contribution in [0.4, 0.5) is 0 Å². The first kappa shape index (κ1) is 11.3. The quantitative estimate of drug-likeness (QED) is 0.749. The number of aliphatic carboxylic acids is 1. The van der Waals surface area contributed by atoms with E-state index in [0.29, 0.717) is 12.2 Å². The zero-order chi connectivity index (χ0) is 12.3. The molecule has 7 nitrogen and oxygen atoms in total. The summed E-state index contributed by atoms with van der Waals surface area (Å²) in [4.78, 5) is 10.6. The van der Waals surface area contributed by atoms with Crippen LogP contribution in [0, 0.1) is 0 Å². The molecular weight excluding hydrogens is 224 g/mol. The monoisotopic (exact) mass is 236 g/mol. The molecule has 90 valence electrons. The summed E-state index contributed by atoms with van der Waals surface area (Å²) in [5.41, 5.74) is 5.95. The van der Waals surface area contributed by atoms with Gasteiger partial charge in [-0.3, -0.25) is 4.79 Å². The maximum absolute atomic E-state index is 10.6. The van der Waals surface area contributed by atoms with Gasteiger partial charge in [0.25, 0.3) is 0 Å².